The van der Waals surface area contributed by atoms with Gasteiger partial charge in [0.1, 0.15) is 11.6 Å². The molecule has 0 aliphatic heterocycles. The summed E-state index contributed by atoms with van der Waals surface area (Å²) in [6.07, 6.45) is 0.667. The van der Waals surface area contributed by atoms with Gasteiger partial charge in [0.2, 0.25) is 0 Å². The molecule has 0 atom stereocenters. The lowest BCUT2D eigenvalue weighted by molar-refractivity contribution is 0.112. The van der Waals surface area contributed by atoms with Crippen LogP contribution in [0, 0.1) is 5.82 Å². The molecule has 0 bridgehead atoms. The van der Waals surface area contributed by atoms with Crippen molar-refractivity contribution < 1.29 is 13.9 Å². The minimum absolute atomic E-state index is 0.362. The van der Waals surface area contributed by atoms with Crippen LogP contribution in [-0.4, -0.2) is 18.4 Å². The predicted molar refractivity (Wildman–Crippen MR) is 59.4 cm³/mol. The first-order chi connectivity index (χ1) is 7.74. The Morgan fingerprint density at radius 2 is 2.31 bits per heavy atom. The van der Waals surface area contributed by atoms with Crippen LogP contribution in [0.1, 0.15) is 9.80 Å². The molecule has 1 heterocycles. The number of benzene rings is 1. The summed E-state index contributed by atoms with van der Waals surface area (Å²) in [6.45, 7) is 0. The fourth-order valence-corrected chi connectivity index (χ4v) is 1.96. The van der Waals surface area contributed by atoms with Gasteiger partial charge in [0.15, 0.2) is 11.3 Å². The summed E-state index contributed by atoms with van der Waals surface area (Å²) in [5, 5.41) is 2.06. The summed E-state index contributed by atoms with van der Waals surface area (Å²) in [5.74, 6) is 0.167. The number of methoxy groups -OCH3 is 1. The molecule has 0 spiro atoms. The molecule has 0 saturated heterocycles. The molecule has 0 fully saturated rings. The number of thiazole rings is 1. The van der Waals surface area contributed by atoms with Crippen molar-refractivity contribution in [1.29, 1.82) is 0 Å². The molecule has 0 aliphatic carbocycles. The van der Waals surface area contributed by atoms with Gasteiger partial charge in [0, 0.05) is 10.9 Å². The first kappa shape index (κ1) is 10.8. The van der Waals surface area contributed by atoms with Crippen molar-refractivity contribution in [3.05, 3.63) is 34.4 Å². The number of aromatic nitrogens is 1. The van der Waals surface area contributed by atoms with Crippen molar-refractivity contribution in [3.63, 3.8) is 0 Å². The van der Waals surface area contributed by atoms with Gasteiger partial charge in [-0.3, -0.25) is 4.79 Å². The Kier molecular flexibility index (Phi) is 2.96. The van der Waals surface area contributed by atoms with Crippen molar-refractivity contribution >= 4 is 17.6 Å². The topological polar surface area (TPSA) is 39.2 Å². The van der Waals surface area contributed by atoms with E-state index in [1.807, 2.05) is 0 Å². The van der Waals surface area contributed by atoms with Crippen molar-refractivity contribution in [2.45, 2.75) is 0 Å². The predicted octanol–water partition coefficient (Wildman–Crippen LogP) is 2.77. The molecule has 0 aliphatic rings. The first-order valence-corrected chi connectivity index (χ1v) is 5.37. The molecule has 2 aromatic rings. The molecule has 16 heavy (non-hydrogen) atoms. The van der Waals surface area contributed by atoms with Crippen LogP contribution in [0.3, 0.4) is 0 Å². The Bertz CT molecular complexity index is 524. The van der Waals surface area contributed by atoms with E-state index in [2.05, 4.69) is 4.98 Å². The zero-order chi connectivity index (χ0) is 11.5. The molecule has 0 amide bonds. The lowest BCUT2D eigenvalue weighted by Gasteiger charge is -2.05. The van der Waals surface area contributed by atoms with E-state index in [0.717, 1.165) is 0 Å². The van der Waals surface area contributed by atoms with E-state index in [0.29, 0.717) is 28.3 Å². The molecular weight excluding hydrogens is 229 g/mol. The van der Waals surface area contributed by atoms with E-state index >= 15 is 0 Å². The molecule has 2 rings (SSSR count). The SMILES string of the molecule is COc1ccc(F)cc1-c1csc(C=O)n1. The number of aldehydes is 1. The van der Waals surface area contributed by atoms with Gasteiger partial charge in [-0.15, -0.1) is 11.3 Å². The van der Waals surface area contributed by atoms with E-state index in [9.17, 15) is 9.18 Å². The van der Waals surface area contributed by atoms with Gasteiger partial charge in [-0.05, 0) is 18.2 Å². The third kappa shape index (κ3) is 1.94. The van der Waals surface area contributed by atoms with Gasteiger partial charge in [-0.2, -0.15) is 0 Å². The summed E-state index contributed by atoms with van der Waals surface area (Å²) in [7, 11) is 1.50. The third-order valence-corrected chi connectivity index (χ3v) is 2.83. The fraction of sp³-hybridized carbons (Fsp3) is 0.0909. The van der Waals surface area contributed by atoms with Crippen molar-refractivity contribution in [1.82, 2.24) is 4.98 Å². The van der Waals surface area contributed by atoms with Gasteiger partial charge in [-0.1, -0.05) is 0 Å². The van der Waals surface area contributed by atoms with Crippen molar-refractivity contribution in [3.8, 4) is 17.0 Å². The number of nitrogens with zero attached hydrogens (tertiary/aromatic N) is 1. The smallest absolute Gasteiger partial charge is 0.178 e. The zero-order valence-electron chi connectivity index (χ0n) is 8.44. The summed E-state index contributed by atoms with van der Waals surface area (Å²) in [5.41, 5.74) is 1.09. The number of rotatable bonds is 3. The number of ether oxygens (including phenoxy) is 1. The number of halogens is 1. The minimum Gasteiger partial charge on any atom is -0.496 e. The van der Waals surface area contributed by atoms with Crippen molar-refractivity contribution in [2.75, 3.05) is 7.11 Å². The monoisotopic (exact) mass is 237 g/mol. The van der Waals surface area contributed by atoms with Crippen LogP contribution in [0.4, 0.5) is 4.39 Å². The van der Waals surface area contributed by atoms with Crippen LogP contribution in [0.15, 0.2) is 23.6 Å². The number of carbonyl (C=O) groups excluding carboxylic acids is 1. The van der Waals surface area contributed by atoms with Crippen molar-refractivity contribution in [2.24, 2.45) is 0 Å². The van der Waals surface area contributed by atoms with E-state index < -0.39 is 0 Å². The van der Waals surface area contributed by atoms with Gasteiger partial charge < -0.3 is 4.74 Å². The molecular formula is C11H8FNO2S. The highest BCUT2D eigenvalue weighted by molar-refractivity contribution is 7.11. The molecule has 0 saturated carbocycles. The van der Waals surface area contributed by atoms with Gasteiger partial charge in [-0.25, -0.2) is 9.37 Å². The Balaban J connectivity index is 2.53. The molecule has 82 valence electrons. The summed E-state index contributed by atoms with van der Waals surface area (Å²) in [4.78, 5) is 14.6. The summed E-state index contributed by atoms with van der Waals surface area (Å²) < 4.78 is 18.2. The molecule has 1 aromatic heterocycles. The number of hydrogen-bond donors (Lipinski definition) is 0. The maximum atomic E-state index is 13.1. The average Bonchev–Trinajstić information content (AvgIpc) is 2.77. The van der Waals surface area contributed by atoms with Crippen LogP contribution in [0.25, 0.3) is 11.3 Å². The fourth-order valence-electron chi connectivity index (χ4n) is 1.35. The molecule has 0 N–H and O–H groups in total. The molecule has 0 radical (unpaired) electrons. The quantitative estimate of drug-likeness (QED) is 0.770. The second kappa shape index (κ2) is 4.40. The molecule has 3 nitrogen and oxygen atoms in total. The second-order valence-corrected chi connectivity index (χ2v) is 3.92. The highest BCUT2D eigenvalue weighted by Gasteiger charge is 2.10. The Morgan fingerprint density at radius 1 is 1.50 bits per heavy atom. The molecule has 5 heteroatoms. The minimum atomic E-state index is -0.364. The summed E-state index contributed by atoms with van der Waals surface area (Å²) in [6, 6.07) is 4.18. The Labute approximate surface area is 95.5 Å². The van der Waals surface area contributed by atoms with Gasteiger partial charge in [0.25, 0.3) is 0 Å². The lowest BCUT2D eigenvalue weighted by Crippen LogP contribution is -1.89. The Morgan fingerprint density at radius 3 is 2.94 bits per heavy atom. The second-order valence-electron chi connectivity index (χ2n) is 3.03. The molecule has 0 unspecified atom stereocenters. The lowest BCUT2D eigenvalue weighted by atomic mass is 10.1. The van der Waals surface area contributed by atoms with Crippen LogP contribution < -0.4 is 4.74 Å². The average molecular weight is 237 g/mol. The van der Waals surface area contributed by atoms with Crippen LogP contribution in [0.2, 0.25) is 0 Å². The van der Waals surface area contributed by atoms with E-state index in [-0.39, 0.29) is 5.82 Å². The van der Waals surface area contributed by atoms with E-state index in [1.54, 1.807) is 5.38 Å². The first-order valence-electron chi connectivity index (χ1n) is 4.49. The largest absolute Gasteiger partial charge is 0.496 e. The van der Waals surface area contributed by atoms with Crippen LogP contribution >= 0.6 is 11.3 Å². The standard InChI is InChI=1S/C11H8FNO2S/c1-15-10-3-2-7(12)4-8(10)9-6-16-11(5-14)13-9/h2-6H,1H3. The zero-order valence-corrected chi connectivity index (χ0v) is 9.25. The number of carbonyl (C=O) groups is 1. The van der Waals surface area contributed by atoms with Gasteiger partial charge in [0.05, 0.1) is 12.8 Å². The maximum Gasteiger partial charge on any atom is 0.178 e. The third-order valence-electron chi connectivity index (χ3n) is 2.06. The maximum absolute atomic E-state index is 13.1. The highest BCUT2D eigenvalue weighted by atomic mass is 32.1. The van der Waals surface area contributed by atoms with E-state index in [1.165, 1.54) is 36.6 Å². The summed E-state index contributed by atoms with van der Waals surface area (Å²) >= 11 is 1.21. The highest BCUT2D eigenvalue weighted by Crippen LogP contribution is 2.30. The van der Waals surface area contributed by atoms with Crippen LogP contribution in [0.5, 0.6) is 5.75 Å². The Hall–Kier alpha value is -1.75. The van der Waals surface area contributed by atoms with Gasteiger partial charge >= 0.3 is 0 Å². The van der Waals surface area contributed by atoms with E-state index in [4.69, 9.17) is 4.74 Å². The number of hydrogen-bond acceptors (Lipinski definition) is 4. The molecule has 1 aromatic carbocycles. The normalized spacial score (nSPS) is 10.1. The van der Waals surface area contributed by atoms with Crippen LogP contribution in [-0.2, 0) is 0 Å².